The van der Waals surface area contributed by atoms with E-state index in [4.69, 9.17) is 0 Å². The van der Waals surface area contributed by atoms with Crippen LogP contribution in [0.2, 0.25) is 0 Å². The number of benzene rings is 2. The van der Waals surface area contributed by atoms with Crippen molar-refractivity contribution in [1.29, 1.82) is 0 Å². The van der Waals surface area contributed by atoms with E-state index < -0.39 is 0 Å². The van der Waals surface area contributed by atoms with E-state index in [9.17, 15) is 4.79 Å². The third-order valence-corrected chi connectivity index (χ3v) is 6.06. The summed E-state index contributed by atoms with van der Waals surface area (Å²) < 4.78 is 0. The zero-order valence-corrected chi connectivity index (χ0v) is 16.0. The Kier molecular flexibility index (Phi) is 5.28. The molecular weight excluding hydrogens is 332 g/mol. The average Bonchev–Trinajstić information content (AvgIpc) is 3.31. The van der Waals surface area contributed by atoms with Gasteiger partial charge in [-0.15, -0.1) is 0 Å². The van der Waals surface area contributed by atoms with Crippen molar-refractivity contribution in [3.05, 3.63) is 77.9 Å². The van der Waals surface area contributed by atoms with Gasteiger partial charge in [-0.3, -0.25) is 0 Å². The smallest absolute Gasteiger partial charge is 0.321 e. The SMILES string of the molecule is Cc1ccccc1NC(=O)N(CCc1ccccc1)CC1CC2C=CC1C2. The first-order valence-electron chi connectivity index (χ1n) is 10.0. The number of anilines is 1. The summed E-state index contributed by atoms with van der Waals surface area (Å²) in [6.07, 6.45) is 8.12. The van der Waals surface area contributed by atoms with Crippen LogP contribution in [0.5, 0.6) is 0 Å². The number of para-hydroxylation sites is 1. The maximum atomic E-state index is 13.1. The molecule has 2 amide bonds. The monoisotopic (exact) mass is 360 g/mol. The van der Waals surface area contributed by atoms with Gasteiger partial charge in [0.25, 0.3) is 0 Å². The van der Waals surface area contributed by atoms with Gasteiger partial charge in [-0.1, -0.05) is 60.7 Å². The van der Waals surface area contributed by atoms with Gasteiger partial charge >= 0.3 is 6.03 Å². The molecule has 0 heterocycles. The van der Waals surface area contributed by atoms with Crippen LogP contribution in [-0.2, 0) is 6.42 Å². The molecule has 4 rings (SSSR count). The summed E-state index contributed by atoms with van der Waals surface area (Å²) in [6, 6.07) is 18.4. The lowest BCUT2D eigenvalue weighted by molar-refractivity contribution is 0.196. The van der Waals surface area contributed by atoms with Crippen molar-refractivity contribution in [3.63, 3.8) is 0 Å². The molecule has 2 bridgehead atoms. The van der Waals surface area contributed by atoms with Gasteiger partial charge in [0.15, 0.2) is 0 Å². The van der Waals surface area contributed by atoms with Gasteiger partial charge in [0, 0.05) is 18.8 Å². The van der Waals surface area contributed by atoms with Crippen LogP contribution in [-0.4, -0.2) is 24.0 Å². The van der Waals surface area contributed by atoms with Gasteiger partial charge in [0.2, 0.25) is 0 Å². The maximum absolute atomic E-state index is 13.1. The number of nitrogens with zero attached hydrogens (tertiary/aromatic N) is 1. The summed E-state index contributed by atoms with van der Waals surface area (Å²) in [5.41, 5.74) is 3.27. The highest BCUT2D eigenvalue weighted by molar-refractivity contribution is 5.90. The fourth-order valence-electron chi connectivity index (χ4n) is 4.48. The van der Waals surface area contributed by atoms with Crippen molar-refractivity contribution in [2.75, 3.05) is 18.4 Å². The standard InChI is InChI=1S/C24H28N2O/c1-18-7-5-6-10-23(18)25-24(27)26(14-13-19-8-3-2-4-9-19)17-22-16-20-11-12-21(22)15-20/h2-12,20-22H,13-17H2,1H3,(H,25,27). The molecule has 1 N–H and O–H groups in total. The number of hydrogen-bond donors (Lipinski definition) is 1. The molecule has 0 saturated heterocycles. The molecule has 0 spiro atoms. The molecule has 2 aliphatic rings. The van der Waals surface area contributed by atoms with Crippen LogP contribution in [0.1, 0.15) is 24.0 Å². The molecule has 1 saturated carbocycles. The van der Waals surface area contributed by atoms with Crippen molar-refractivity contribution < 1.29 is 4.79 Å². The fourth-order valence-corrected chi connectivity index (χ4v) is 4.48. The van der Waals surface area contributed by atoms with Crippen LogP contribution in [0.3, 0.4) is 0 Å². The molecule has 1 fully saturated rings. The Balaban J connectivity index is 1.45. The number of carbonyl (C=O) groups excluding carboxylic acids is 1. The predicted molar refractivity (Wildman–Crippen MR) is 111 cm³/mol. The first kappa shape index (κ1) is 17.8. The normalized spacial score (nSPS) is 22.8. The number of fused-ring (bicyclic) bond motifs is 2. The van der Waals surface area contributed by atoms with Gasteiger partial charge in [0.05, 0.1) is 0 Å². The number of rotatable bonds is 6. The van der Waals surface area contributed by atoms with Crippen molar-refractivity contribution >= 4 is 11.7 Å². The topological polar surface area (TPSA) is 32.3 Å². The molecule has 0 radical (unpaired) electrons. The summed E-state index contributed by atoms with van der Waals surface area (Å²) in [5, 5.41) is 3.13. The third-order valence-electron chi connectivity index (χ3n) is 6.06. The molecule has 3 unspecified atom stereocenters. The summed E-state index contributed by atoms with van der Waals surface area (Å²) >= 11 is 0. The molecule has 2 aliphatic carbocycles. The second-order valence-corrected chi connectivity index (χ2v) is 7.97. The van der Waals surface area contributed by atoms with Crippen LogP contribution in [0.15, 0.2) is 66.7 Å². The van der Waals surface area contributed by atoms with Crippen molar-refractivity contribution in [3.8, 4) is 0 Å². The van der Waals surface area contributed by atoms with E-state index in [-0.39, 0.29) is 6.03 Å². The zero-order valence-electron chi connectivity index (χ0n) is 16.0. The minimum Gasteiger partial charge on any atom is -0.324 e. The molecule has 140 valence electrons. The Bertz CT molecular complexity index is 814. The Labute approximate surface area is 162 Å². The minimum atomic E-state index is 0.0204. The van der Waals surface area contributed by atoms with Crippen molar-refractivity contribution in [2.45, 2.75) is 26.2 Å². The van der Waals surface area contributed by atoms with Crippen molar-refractivity contribution in [1.82, 2.24) is 4.90 Å². The second kappa shape index (κ2) is 7.99. The maximum Gasteiger partial charge on any atom is 0.321 e. The third kappa shape index (κ3) is 4.24. The summed E-state index contributed by atoms with van der Waals surface area (Å²) in [7, 11) is 0. The second-order valence-electron chi connectivity index (χ2n) is 7.97. The number of allylic oxidation sites excluding steroid dienone is 2. The lowest BCUT2D eigenvalue weighted by Gasteiger charge is -2.29. The van der Waals surface area contributed by atoms with E-state index >= 15 is 0 Å². The van der Waals surface area contributed by atoms with E-state index in [1.807, 2.05) is 42.2 Å². The average molecular weight is 361 g/mol. The molecular formula is C24H28N2O. The molecule has 3 atom stereocenters. The molecule has 0 aliphatic heterocycles. The van der Waals surface area contributed by atoms with Crippen LogP contribution in [0.4, 0.5) is 10.5 Å². The molecule has 2 aromatic carbocycles. The number of nitrogens with one attached hydrogen (secondary N) is 1. The Morgan fingerprint density at radius 3 is 2.52 bits per heavy atom. The first-order chi connectivity index (χ1) is 13.2. The minimum absolute atomic E-state index is 0.0204. The van der Waals surface area contributed by atoms with Crippen molar-refractivity contribution in [2.24, 2.45) is 17.8 Å². The summed E-state index contributed by atoms with van der Waals surface area (Å²) in [4.78, 5) is 15.1. The van der Waals surface area contributed by atoms with Gasteiger partial charge in [-0.2, -0.15) is 0 Å². The zero-order chi connectivity index (χ0) is 18.6. The van der Waals surface area contributed by atoms with Gasteiger partial charge < -0.3 is 10.2 Å². The quantitative estimate of drug-likeness (QED) is 0.698. The number of amides is 2. The number of hydrogen-bond acceptors (Lipinski definition) is 1. The largest absolute Gasteiger partial charge is 0.324 e. The first-order valence-corrected chi connectivity index (χ1v) is 10.0. The van der Waals surface area contributed by atoms with E-state index in [0.717, 1.165) is 36.7 Å². The summed E-state index contributed by atoms with van der Waals surface area (Å²) in [5.74, 6) is 1.98. The Morgan fingerprint density at radius 1 is 1.04 bits per heavy atom. The highest BCUT2D eigenvalue weighted by Crippen LogP contribution is 2.43. The van der Waals surface area contributed by atoms with E-state index in [0.29, 0.717) is 11.8 Å². The number of aryl methyl sites for hydroxylation is 1. The van der Waals surface area contributed by atoms with Crippen LogP contribution in [0, 0.1) is 24.7 Å². The highest BCUT2D eigenvalue weighted by atomic mass is 16.2. The van der Waals surface area contributed by atoms with E-state index in [2.05, 4.69) is 41.7 Å². The van der Waals surface area contributed by atoms with Crippen LogP contribution in [0.25, 0.3) is 0 Å². The molecule has 3 nitrogen and oxygen atoms in total. The van der Waals surface area contributed by atoms with Gasteiger partial charge in [-0.05, 0) is 61.1 Å². The lowest BCUT2D eigenvalue weighted by Crippen LogP contribution is -2.40. The molecule has 0 aromatic heterocycles. The van der Waals surface area contributed by atoms with E-state index in [1.165, 1.54) is 18.4 Å². The number of urea groups is 1. The molecule has 2 aromatic rings. The molecule has 27 heavy (non-hydrogen) atoms. The number of carbonyl (C=O) groups is 1. The lowest BCUT2D eigenvalue weighted by atomic mass is 9.93. The van der Waals surface area contributed by atoms with Crippen LogP contribution >= 0.6 is 0 Å². The predicted octanol–water partition coefficient (Wildman–Crippen LogP) is 5.28. The van der Waals surface area contributed by atoms with Gasteiger partial charge in [0.1, 0.15) is 0 Å². The van der Waals surface area contributed by atoms with Gasteiger partial charge in [-0.25, -0.2) is 4.79 Å². The Hall–Kier alpha value is -2.55. The summed E-state index contributed by atoms with van der Waals surface area (Å²) in [6.45, 7) is 3.63. The van der Waals surface area contributed by atoms with E-state index in [1.54, 1.807) is 0 Å². The van der Waals surface area contributed by atoms with Crippen LogP contribution < -0.4 is 5.32 Å². The highest BCUT2D eigenvalue weighted by Gasteiger charge is 2.37. The molecule has 3 heteroatoms. The fraction of sp³-hybridized carbons (Fsp3) is 0.375. The Morgan fingerprint density at radius 2 is 1.81 bits per heavy atom.